The zero-order valence-corrected chi connectivity index (χ0v) is 13.6. The van der Waals surface area contributed by atoms with Crippen LogP contribution in [0.3, 0.4) is 0 Å². The molecule has 1 atom stereocenters. The fourth-order valence-corrected chi connectivity index (χ4v) is 3.23. The summed E-state index contributed by atoms with van der Waals surface area (Å²) in [5.74, 6) is 2.43. The zero-order valence-electron chi connectivity index (χ0n) is 11.9. The number of thioether (sulfide) groups is 1. The van der Waals surface area contributed by atoms with Crippen molar-refractivity contribution in [1.29, 1.82) is 0 Å². The number of hydrogen-bond acceptors (Lipinski definition) is 5. The highest BCUT2D eigenvalue weighted by Crippen LogP contribution is 2.36. The smallest absolute Gasteiger partial charge is 0.162 e. The Kier molecular flexibility index (Phi) is 6.19. The highest BCUT2D eigenvalue weighted by Gasteiger charge is 2.15. The van der Waals surface area contributed by atoms with Crippen molar-refractivity contribution in [2.24, 2.45) is 0 Å². The minimum absolute atomic E-state index is 0.612. The Morgan fingerprint density at radius 2 is 2.00 bits per heavy atom. The van der Waals surface area contributed by atoms with Gasteiger partial charge in [0.1, 0.15) is 13.2 Å². The van der Waals surface area contributed by atoms with Gasteiger partial charge in [-0.05, 0) is 36.9 Å². The van der Waals surface area contributed by atoms with Crippen LogP contribution >= 0.6 is 11.8 Å². The molecule has 0 fully saturated rings. The van der Waals surface area contributed by atoms with E-state index in [-0.39, 0.29) is 0 Å². The lowest BCUT2D eigenvalue weighted by atomic mass is 10.2. The van der Waals surface area contributed by atoms with Crippen LogP contribution in [0, 0.1) is 0 Å². The highest BCUT2D eigenvalue weighted by atomic mass is 32.2. The molecule has 6 heteroatoms. The topological polar surface area (TPSA) is 47.6 Å². The summed E-state index contributed by atoms with van der Waals surface area (Å²) in [5, 5.41) is 3.39. The molecule has 1 aliphatic rings. The largest absolute Gasteiger partial charge is 0.486 e. The number of benzene rings is 1. The van der Waals surface area contributed by atoms with Crippen LogP contribution < -0.4 is 14.8 Å². The van der Waals surface area contributed by atoms with E-state index in [0.717, 1.165) is 36.8 Å². The Balaban J connectivity index is 1.94. The van der Waals surface area contributed by atoms with Crippen molar-refractivity contribution < 1.29 is 13.7 Å². The van der Waals surface area contributed by atoms with Crippen molar-refractivity contribution in [3.05, 3.63) is 17.7 Å². The van der Waals surface area contributed by atoms with Crippen LogP contribution in [0.1, 0.15) is 12.0 Å². The lowest BCUT2D eigenvalue weighted by Gasteiger charge is -2.21. The number of rotatable bonds is 7. The van der Waals surface area contributed by atoms with E-state index < -0.39 is 10.8 Å². The van der Waals surface area contributed by atoms with Crippen LogP contribution in [0.25, 0.3) is 0 Å². The van der Waals surface area contributed by atoms with Gasteiger partial charge in [0.2, 0.25) is 0 Å². The second-order valence-electron chi connectivity index (χ2n) is 4.62. The molecule has 1 heterocycles. The first-order valence-corrected chi connectivity index (χ1v) is 9.63. The Morgan fingerprint density at radius 3 is 2.65 bits per heavy atom. The lowest BCUT2D eigenvalue weighted by Crippen LogP contribution is -2.19. The van der Waals surface area contributed by atoms with Gasteiger partial charge in [-0.3, -0.25) is 4.21 Å². The van der Waals surface area contributed by atoms with Crippen LogP contribution in [-0.4, -0.2) is 42.2 Å². The molecule has 0 saturated carbocycles. The maximum Gasteiger partial charge on any atom is 0.162 e. The summed E-state index contributed by atoms with van der Waals surface area (Å²) in [7, 11) is -0.702. The average Bonchev–Trinajstić information content (AvgIpc) is 2.45. The third-order valence-corrected chi connectivity index (χ3v) is 4.73. The second kappa shape index (κ2) is 7.90. The van der Waals surface area contributed by atoms with Gasteiger partial charge in [-0.25, -0.2) is 0 Å². The Morgan fingerprint density at radius 1 is 1.30 bits per heavy atom. The Labute approximate surface area is 127 Å². The van der Waals surface area contributed by atoms with E-state index >= 15 is 0 Å². The normalized spacial score (nSPS) is 15.1. The van der Waals surface area contributed by atoms with Gasteiger partial charge in [-0.1, -0.05) is 0 Å². The van der Waals surface area contributed by atoms with E-state index in [1.165, 1.54) is 10.5 Å². The van der Waals surface area contributed by atoms with Gasteiger partial charge in [0, 0.05) is 34.2 Å². The van der Waals surface area contributed by atoms with Crippen LogP contribution in [-0.2, 0) is 17.3 Å². The molecule has 0 bridgehead atoms. The predicted octanol–water partition coefficient (Wildman–Crippen LogP) is 2.04. The number of ether oxygens (including phenoxy) is 2. The summed E-state index contributed by atoms with van der Waals surface area (Å²) in [5.41, 5.74) is 1.22. The van der Waals surface area contributed by atoms with Crippen molar-refractivity contribution in [3.63, 3.8) is 0 Å². The first-order chi connectivity index (χ1) is 9.70. The average molecular weight is 315 g/mol. The van der Waals surface area contributed by atoms with E-state index in [9.17, 15) is 4.21 Å². The summed E-state index contributed by atoms with van der Waals surface area (Å²) in [6.07, 6.45) is 4.74. The van der Waals surface area contributed by atoms with Gasteiger partial charge in [-0.2, -0.15) is 0 Å². The van der Waals surface area contributed by atoms with E-state index in [4.69, 9.17) is 9.47 Å². The molecule has 0 spiro atoms. The molecule has 4 nitrogen and oxygen atoms in total. The van der Waals surface area contributed by atoms with E-state index in [1.54, 1.807) is 18.0 Å². The van der Waals surface area contributed by atoms with Crippen molar-refractivity contribution >= 4 is 22.6 Å². The van der Waals surface area contributed by atoms with Crippen molar-refractivity contribution in [3.8, 4) is 11.5 Å². The molecule has 20 heavy (non-hydrogen) atoms. The molecule has 1 aromatic carbocycles. The minimum Gasteiger partial charge on any atom is -0.486 e. The number of nitrogens with one attached hydrogen (secondary N) is 1. The summed E-state index contributed by atoms with van der Waals surface area (Å²) in [4.78, 5) is 1.21. The fraction of sp³-hybridized carbons (Fsp3) is 0.571. The third kappa shape index (κ3) is 4.40. The lowest BCUT2D eigenvalue weighted by molar-refractivity contribution is 0.171. The van der Waals surface area contributed by atoms with Crippen molar-refractivity contribution in [2.75, 3.05) is 38.0 Å². The Hall–Kier alpha value is -0.720. The summed E-state index contributed by atoms with van der Waals surface area (Å²) in [6.45, 7) is 2.90. The molecule has 0 aromatic heterocycles. The molecular weight excluding hydrogens is 294 g/mol. The van der Waals surface area contributed by atoms with Crippen molar-refractivity contribution in [2.45, 2.75) is 17.9 Å². The van der Waals surface area contributed by atoms with Gasteiger partial charge in [0.05, 0.1) is 0 Å². The molecule has 1 N–H and O–H groups in total. The molecule has 2 rings (SSSR count). The standard InChI is InChI=1S/C14H21NO3S2/c1-19-14-9-13-12(17-5-6-18-13)8-11(14)10-15-4-3-7-20(2)16/h8-9,15H,3-7,10H2,1-2H3. The summed E-state index contributed by atoms with van der Waals surface area (Å²) >= 11 is 1.71. The van der Waals surface area contributed by atoms with E-state index in [0.29, 0.717) is 13.2 Å². The quantitative estimate of drug-likeness (QED) is 0.616. The van der Waals surface area contributed by atoms with Gasteiger partial charge in [0.25, 0.3) is 0 Å². The first-order valence-electron chi connectivity index (χ1n) is 6.68. The van der Waals surface area contributed by atoms with Gasteiger partial charge in [-0.15, -0.1) is 11.8 Å². The molecule has 1 aromatic rings. The number of hydrogen-bond donors (Lipinski definition) is 1. The Bertz CT molecular complexity index is 480. The highest BCUT2D eigenvalue weighted by molar-refractivity contribution is 7.98. The van der Waals surface area contributed by atoms with Crippen LogP contribution in [0.4, 0.5) is 0 Å². The SMILES string of the molecule is CSc1cc2c(cc1CNCCCS(C)=O)OCCO2. The second-order valence-corrected chi connectivity index (χ2v) is 7.02. The van der Waals surface area contributed by atoms with Crippen LogP contribution in [0.5, 0.6) is 11.5 Å². The third-order valence-electron chi connectivity index (χ3n) is 3.05. The fourth-order valence-electron chi connectivity index (χ4n) is 2.06. The van der Waals surface area contributed by atoms with E-state index in [2.05, 4.69) is 23.7 Å². The summed E-state index contributed by atoms with van der Waals surface area (Å²) in [6, 6.07) is 4.11. The first kappa shape index (κ1) is 15.7. The molecule has 0 radical (unpaired) electrons. The molecule has 0 aliphatic carbocycles. The molecular formula is C14H21NO3S2. The maximum atomic E-state index is 11.0. The molecule has 112 valence electrons. The molecule has 0 amide bonds. The van der Waals surface area contributed by atoms with Crippen molar-refractivity contribution in [1.82, 2.24) is 5.32 Å². The minimum atomic E-state index is -0.702. The zero-order chi connectivity index (χ0) is 14.4. The van der Waals surface area contributed by atoms with Gasteiger partial charge in [0.15, 0.2) is 11.5 Å². The van der Waals surface area contributed by atoms with Crippen LogP contribution in [0.2, 0.25) is 0 Å². The monoisotopic (exact) mass is 315 g/mol. The van der Waals surface area contributed by atoms with E-state index in [1.807, 2.05) is 0 Å². The molecule has 1 aliphatic heterocycles. The predicted molar refractivity (Wildman–Crippen MR) is 84.5 cm³/mol. The van der Waals surface area contributed by atoms with Crippen LogP contribution in [0.15, 0.2) is 17.0 Å². The van der Waals surface area contributed by atoms with Gasteiger partial charge >= 0.3 is 0 Å². The summed E-state index contributed by atoms with van der Waals surface area (Å²) < 4.78 is 22.2. The molecule has 0 saturated heterocycles. The van der Waals surface area contributed by atoms with Gasteiger partial charge < -0.3 is 14.8 Å². The number of fused-ring (bicyclic) bond motifs is 1. The maximum absolute atomic E-state index is 11.0. The molecule has 1 unspecified atom stereocenters.